The van der Waals surface area contributed by atoms with E-state index in [1.807, 2.05) is 0 Å². The SMILES string of the molecule is CCOC(=O)c1nc(C2CCC(C(C)C)CC2)no1. The summed E-state index contributed by atoms with van der Waals surface area (Å²) in [6.07, 6.45) is 4.55. The van der Waals surface area contributed by atoms with Crippen LogP contribution in [0.2, 0.25) is 0 Å². The molecule has 106 valence electrons. The van der Waals surface area contributed by atoms with Gasteiger partial charge in [0.2, 0.25) is 0 Å². The summed E-state index contributed by atoms with van der Waals surface area (Å²) >= 11 is 0. The van der Waals surface area contributed by atoms with Crippen molar-refractivity contribution in [2.75, 3.05) is 6.61 Å². The fourth-order valence-corrected chi connectivity index (χ4v) is 2.72. The molecular formula is C14H22N2O3. The molecule has 0 atom stereocenters. The molecule has 1 aromatic rings. The predicted octanol–water partition coefficient (Wildman–Crippen LogP) is 3.18. The highest BCUT2D eigenvalue weighted by atomic mass is 16.6. The smallest absolute Gasteiger partial charge is 0.397 e. The van der Waals surface area contributed by atoms with Gasteiger partial charge < -0.3 is 9.26 Å². The fourth-order valence-electron chi connectivity index (χ4n) is 2.72. The van der Waals surface area contributed by atoms with Crippen LogP contribution < -0.4 is 0 Å². The molecule has 1 heterocycles. The van der Waals surface area contributed by atoms with E-state index in [0.717, 1.165) is 24.7 Å². The average Bonchev–Trinajstić information content (AvgIpc) is 2.89. The highest BCUT2D eigenvalue weighted by molar-refractivity contribution is 5.83. The Balaban J connectivity index is 1.95. The van der Waals surface area contributed by atoms with Crippen LogP contribution in [0.3, 0.4) is 0 Å². The third-order valence-corrected chi connectivity index (χ3v) is 3.97. The molecule has 1 fully saturated rings. The molecule has 1 saturated carbocycles. The topological polar surface area (TPSA) is 65.2 Å². The molecule has 0 aromatic carbocycles. The van der Waals surface area contributed by atoms with Crippen LogP contribution in [0.1, 0.15) is 68.9 Å². The van der Waals surface area contributed by atoms with Gasteiger partial charge in [0.05, 0.1) is 6.61 Å². The standard InChI is InChI=1S/C14H22N2O3/c1-4-18-14(17)13-15-12(16-19-13)11-7-5-10(6-8-11)9(2)3/h9-11H,4-8H2,1-3H3. The zero-order chi connectivity index (χ0) is 13.8. The van der Waals surface area contributed by atoms with Crippen molar-refractivity contribution in [3.8, 4) is 0 Å². The van der Waals surface area contributed by atoms with Gasteiger partial charge in [0.1, 0.15) is 0 Å². The maximum absolute atomic E-state index is 11.5. The van der Waals surface area contributed by atoms with Gasteiger partial charge in [-0.15, -0.1) is 0 Å². The van der Waals surface area contributed by atoms with Crippen molar-refractivity contribution in [2.45, 2.75) is 52.4 Å². The monoisotopic (exact) mass is 266 g/mol. The van der Waals surface area contributed by atoms with Crippen molar-refractivity contribution in [3.63, 3.8) is 0 Å². The first-order valence-corrected chi connectivity index (χ1v) is 7.12. The van der Waals surface area contributed by atoms with Gasteiger partial charge in [0.25, 0.3) is 0 Å². The number of hydrogen-bond acceptors (Lipinski definition) is 5. The van der Waals surface area contributed by atoms with Gasteiger partial charge in [-0.25, -0.2) is 4.79 Å². The van der Waals surface area contributed by atoms with Crippen LogP contribution in [0.15, 0.2) is 4.52 Å². The molecule has 0 N–H and O–H groups in total. The largest absolute Gasteiger partial charge is 0.459 e. The van der Waals surface area contributed by atoms with E-state index >= 15 is 0 Å². The summed E-state index contributed by atoms with van der Waals surface area (Å²) in [5, 5.41) is 3.93. The second kappa shape index (κ2) is 6.17. The van der Waals surface area contributed by atoms with E-state index in [9.17, 15) is 4.79 Å². The Morgan fingerprint density at radius 1 is 1.37 bits per heavy atom. The van der Waals surface area contributed by atoms with Gasteiger partial charge in [0, 0.05) is 5.92 Å². The first kappa shape index (κ1) is 14.0. The minimum Gasteiger partial charge on any atom is -0.459 e. The minimum atomic E-state index is -0.530. The Bertz CT molecular complexity index is 420. The third kappa shape index (κ3) is 3.33. The van der Waals surface area contributed by atoms with Crippen molar-refractivity contribution in [1.82, 2.24) is 10.1 Å². The van der Waals surface area contributed by atoms with Gasteiger partial charge in [-0.3, -0.25) is 0 Å². The molecule has 0 radical (unpaired) electrons. The van der Waals surface area contributed by atoms with Crippen LogP contribution in [0.5, 0.6) is 0 Å². The van der Waals surface area contributed by atoms with Gasteiger partial charge in [-0.2, -0.15) is 4.98 Å². The van der Waals surface area contributed by atoms with Crippen molar-refractivity contribution < 1.29 is 14.1 Å². The number of nitrogens with zero attached hydrogens (tertiary/aromatic N) is 2. The average molecular weight is 266 g/mol. The molecule has 0 spiro atoms. The van der Waals surface area contributed by atoms with E-state index < -0.39 is 5.97 Å². The molecular weight excluding hydrogens is 244 g/mol. The predicted molar refractivity (Wildman–Crippen MR) is 69.8 cm³/mol. The summed E-state index contributed by atoms with van der Waals surface area (Å²) in [6, 6.07) is 0. The van der Waals surface area contributed by atoms with E-state index in [-0.39, 0.29) is 5.89 Å². The Hall–Kier alpha value is -1.39. The highest BCUT2D eigenvalue weighted by Crippen LogP contribution is 2.37. The Morgan fingerprint density at radius 3 is 2.63 bits per heavy atom. The van der Waals surface area contributed by atoms with E-state index in [1.54, 1.807) is 6.92 Å². The molecule has 1 aromatic heterocycles. The quantitative estimate of drug-likeness (QED) is 0.783. The molecule has 0 saturated heterocycles. The third-order valence-electron chi connectivity index (χ3n) is 3.97. The van der Waals surface area contributed by atoms with E-state index in [1.165, 1.54) is 12.8 Å². The fraction of sp³-hybridized carbons (Fsp3) is 0.786. The lowest BCUT2D eigenvalue weighted by Crippen LogP contribution is -2.18. The molecule has 5 nitrogen and oxygen atoms in total. The first-order chi connectivity index (χ1) is 9.11. The normalized spacial score (nSPS) is 23.6. The summed E-state index contributed by atoms with van der Waals surface area (Å²) in [4.78, 5) is 15.6. The van der Waals surface area contributed by atoms with Crippen molar-refractivity contribution >= 4 is 5.97 Å². The maximum atomic E-state index is 11.5. The molecule has 0 bridgehead atoms. The number of aromatic nitrogens is 2. The van der Waals surface area contributed by atoms with Gasteiger partial charge in [-0.05, 0) is 44.4 Å². The second-order valence-electron chi connectivity index (χ2n) is 5.53. The molecule has 1 aliphatic carbocycles. The summed E-state index contributed by atoms with van der Waals surface area (Å²) < 4.78 is 9.81. The summed E-state index contributed by atoms with van der Waals surface area (Å²) in [7, 11) is 0. The van der Waals surface area contributed by atoms with E-state index in [2.05, 4.69) is 24.0 Å². The molecule has 0 unspecified atom stereocenters. The van der Waals surface area contributed by atoms with Crippen LogP contribution in [-0.2, 0) is 4.74 Å². The van der Waals surface area contributed by atoms with Crippen LogP contribution >= 0.6 is 0 Å². The zero-order valence-corrected chi connectivity index (χ0v) is 11.9. The number of ether oxygens (including phenoxy) is 1. The Labute approximate surface area is 113 Å². The van der Waals surface area contributed by atoms with E-state index in [4.69, 9.17) is 9.26 Å². The molecule has 2 rings (SSSR count). The Kier molecular flexibility index (Phi) is 4.56. The van der Waals surface area contributed by atoms with Crippen LogP contribution in [0, 0.1) is 11.8 Å². The lowest BCUT2D eigenvalue weighted by molar-refractivity contribution is 0.0470. The number of carbonyl (C=O) groups excluding carboxylic acids is 1. The molecule has 0 amide bonds. The van der Waals surface area contributed by atoms with Crippen molar-refractivity contribution in [3.05, 3.63) is 11.7 Å². The van der Waals surface area contributed by atoms with Crippen LogP contribution in [-0.4, -0.2) is 22.7 Å². The highest BCUT2D eigenvalue weighted by Gasteiger charge is 2.28. The summed E-state index contributed by atoms with van der Waals surface area (Å²) in [5.41, 5.74) is 0. The van der Waals surface area contributed by atoms with Crippen molar-refractivity contribution in [2.24, 2.45) is 11.8 Å². The van der Waals surface area contributed by atoms with Gasteiger partial charge >= 0.3 is 11.9 Å². The summed E-state index contributed by atoms with van der Waals surface area (Å²) in [5.74, 6) is 1.96. The lowest BCUT2D eigenvalue weighted by atomic mass is 9.77. The minimum absolute atomic E-state index is 0.0252. The zero-order valence-electron chi connectivity index (χ0n) is 11.9. The van der Waals surface area contributed by atoms with Gasteiger partial charge in [0.15, 0.2) is 5.82 Å². The lowest BCUT2D eigenvalue weighted by Gasteiger charge is -2.29. The molecule has 0 aliphatic heterocycles. The first-order valence-electron chi connectivity index (χ1n) is 7.12. The van der Waals surface area contributed by atoms with Crippen molar-refractivity contribution in [1.29, 1.82) is 0 Å². The van der Waals surface area contributed by atoms with Crippen LogP contribution in [0.4, 0.5) is 0 Å². The van der Waals surface area contributed by atoms with E-state index in [0.29, 0.717) is 18.3 Å². The number of rotatable bonds is 4. The summed E-state index contributed by atoms with van der Waals surface area (Å²) in [6.45, 7) is 6.62. The molecule has 5 heteroatoms. The van der Waals surface area contributed by atoms with Gasteiger partial charge in [-0.1, -0.05) is 19.0 Å². The number of esters is 1. The Morgan fingerprint density at radius 2 is 2.05 bits per heavy atom. The second-order valence-corrected chi connectivity index (χ2v) is 5.53. The van der Waals surface area contributed by atoms with Crippen LogP contribution in [0.25, 0.3) is 0 Å². The molecule has 19 heavy (non-hydrogen) atoms. The molecule has 1 aliphatic rings. The number of hydrogen-bond donors (Lipinski definition) is 0. The maximum Gasteiger partial charge on any atom is 0.397 e. The number of carbonyl (C=O) groups is 1.